The third kappa shape index (κ3) is 3.58. The lowest BCUT2D eigenvalue weighted by Crippen LogP contribution is -2.61. The predicted molar refractivity (Wildman–Crippen MR) is 102 cm³/mol. The van der Waals surface area contributed by atoms with Gasteiger partial charge in [0.25, 0.3) is 0 Å². The third-order valence-electron chi connectivity index (χ3n) is 6.49. The van der Waals surface area contributed by atoms with Crippen LogP contribution in [0.3, 0.4) is 0 Å². The van der Waals surface area contributed by atoms with Crippen molar-refractivity contribution in [3.8, 4) is 5.75 Å². The van der Waals surface area contributed by atoms with Crippen LogP contribution in [0.15, 0.2) is 24.3 Å². The average Bonchev–Trinajstić information content (AvgIpc) is 3.15. The number of carbonyl (C=O) groups is 1. The van der Waals surface area contributed by atoms with Crippen LogP contribution in [0.4, 0.5) is 0 Å². The van der Waals surface area contributed by atoms with E-state index in [0.717, 1.165) is 25.4 Å². The van der Waals surface area contributed by atoms with Crippen LogP contribution in [-0.2, 0) is 14.3 Å². The SMILES string of the molecule is COCCOCC(=O)N1C[C@@H](c2cccc(OC)c2)[C@@H]2[C@H]1C1CCN2CC1. The number of ether oxygens (including phenoxy) is 3. The van der Waals surface area contributed by atoms with E-state index in [1.54, 1.807) is 14.2 Å². The molecule has 0 N–H and O–H groups in total. The number of rotatable bonds is 7. The van der Waals surface area contributed by atoms with Crippen molar-refractivity contribution in [2.45, 2.75) is 30.8 Å². The van der Waals surface area contributed by atoms with Gasteiger partial charge in [-0.1, -0.05) is 12.1 Å². The van der Waals surface area contributed by atoms with Crippen molar-refractivity contribution < 1.29 is 19.0 Å². The summed E-state index contributed by atoms with van der Waals surface area (Å²) in [7, 11) is 3.35. The Morgan fingerprint density at radius 3 is 2.70 bits per heavy atom. The number of piperidine rings is 3. The molecular formula is C21H30N2O4. The summed E-state index contributed by atoms with van der Waals surface area (Å²) in [6, 6.07) is 9.06. The van der Waals surface area contributed by atoms with E-state index < -0.39 is 0 Å². The molecule has 1 aromatic rings. The molecule has 1 amide bonds. The maximum atomic E-state index is 13.0. The molecule has 3 atom stereocenters. The van der Waals surface area contributed by atoms with E-state index in [1.807, 2.05) is 6.07 Å². The van der Waals surface area contributed by atoms with Gasteiger partial charge in [-0.25, -0.2) is 0 Å². The Morgan fingerprint density at radius 2 is 1.96 bits per heavy atom. The van der Waals surface area contributed by atoms with Gasteiger partial charge in [0.05, 0.1) is 26.4 Å². The lowest BCUT2D eigenvalue weighted by molar-refractivity contribution is -0.141. The Labute approximate surface area is 161 Å². The van der Waals surface area contributed by atoms with Crippen LogP contribution in [0.2, 0.25) is 0 Å². The topological polar surface area (TPSA) is 51.2 Å². The van der Waals surface area contributed by atoms with E-state index >= 15 is 0 Å². The molecule has 5 rings (SSSR count). The molecule has 0 spiro atoms. The number of nitrogens with zero attached hydrogens (tertiary/aromatic N) is 2. The van der Waals surface area contributed by atoms with Crippen molar-refractivity contribution in [2.24, 2.45) is 5.92 Å². The standard InChI is InChI=1S/C21H30N2O4/c1-25-10-11-27-14-19(24)23-13-18(16-4-3-5-17(12-16)26-2)21-20(23)15-6-8-22(21)9-7-15/h3-5,12,15,18,20-21H,6-11,13-14H2,1-2H3/t18-,20+,21+/m0/s1. The summed E-state index contributed by atoms with van der Waals surface area (Å²) < 4.78 is 16.0. The zero-order valence-electron chi connectivity index (χ0n) is 16.3. The van der Waals surface area contributed by atoms with Crippen molar-refractivity contribution in [3.63, 3.8) is 0 Å². The van der Waals surface area contributed by atoms with Gasteiger partial charge < -0.3 is 19.1 Å². The summed E-state index contributed by atoms with van der Waals surface area (Å²) in [4.78, 5) is 17.7. The Morgan fingerprint density at radius 1 is 1.15 bits per heavy atom. The fourth-order valence-corrected chi connectivity index (χ4v) is 5.25. The van der Waals surface area contributed by atoms with E-state index in [4.69, 9.17) is 14.2 Å². The lowest BCUT2D eigenvalue weighted by Gasteiger charge is -2.51. The predicted octanol–water partition coefficient (Wildman–Crippen LogP) is 1.75. The highest BCUT2D eigenvalue weighted by Gasteiger charge is 2.54. The Hall–Kier alpha value is -1.63. The highest BCUT2D eigenvalue weighted by molar-refractivity contribution is 5.78. The van der Waals surface area contributed by atoms with Crippen LogP contribution < -0.4 is 4.74 Å². The van der Waals surface area contributed by atoms with Crippen LogP contribution >= 0.6 is 0 Å². The number of fused-ring (bicyclic) bond motifs is 2. The number of benzene rings is 1. The first-order valence-electron chi connectivity index (χ1n) is 9.97. The minimum Gasteiger partial charge on any atom is -0.497 e. The maximum Gasteiger partial charge on any atom is 0.248 e. The molecule has 1 aromatic carbocycles. The van der Waals surface area contributed by atoms with Crippen molar-refractivity contribution in [1.29, 1.82) is 0 Å². The molecule has 6 nitrogen and oxygen atoms in total. The van der Waals surface area contributed by atoms with Crippen molar-refractivity contribution in [3.05, 3.63) is 29.8 Å². The molecular weight excluding hydrogens is 344 g/mol. The monoisotopic (exact) mass is 374 g/mol. The first-order valence-corrected chi connectivity index (χ1v) is 9.97. The Bertz CT molecular complexity index is 659. The largest absolute Gasteiger partial charge is 0.497 e. The van der Waals surface area contributed by atoms with Crippen LogP contribution in [-0.4, -0.2) is 81.5 Å². The van der Waals surface area contributed by atoms with Gasteiger partial charge in [0.15, 0.2) is 0 Å². The second-order valence-corrected chi connectivity index (χ2v) is 7.83. The van der Waals surface area contributed by atoms with E-state index in [0.29, 0.717) is 37.1 Å². The number of hydrogen-bond donors (Lipinski definition) is 0. The third-order valence-corrected chi connectivity index (χ3v) is 6.49. The van der Waals surface area contributed by atoms with Crippen molar-refractivity contribution >= 4 is 5.91 Å². The molecule has 4 aliphatic heterocycles. The van der Waals surface area contributed by atoms with Gasteiger partial charge in [-0.15, -0.1) is 0 Å². The fraction of sp³-hybridized carbons (Fsp3) is 0.667. The number of methoxy groups -OCH3 is 2. The fourth-order valence-electron chi connectivity index (χ4n) is 5.25. The summed E-state index contributed by atoms with van der Waals surface area (Å²) in [6.45, 7) is 4.19. The molecule has 27 heavy (non-hydrogen) atoms. The highest BCUT2D eigenvalue weighted by Crippen LogP contribution is 2.46. The summed E-state index contributed by atoms with van der Waals surface area (Å²) in [5.41, 5.74) is 1.27. The summed E-state index contributed by atoms with van der Waals surface area (Å²) in [6.07, 6.45) is 2.39. The first kappa shape index (κ1) is 18.7. The Kier molecular flexibility index (Phi) is 5.66. The second-order valence-electron chi connectivity index (χ2n) is 7.83. The van der Waals surface area contributed by atoms with Crippen LogP contribution in [0, 0.1) is 5.92 Å². The molecule has 4 saturated heterocycles. The molecule has 4 fully saturated rings. The summed E-state index contributed by atoms with van der Waals surface area (Å²) in [5.74, 6) is 1.93. The number of hydrogen-bond acceptors (Lipinski definition) is 5. The van der Waals surface area contributed by atoms with Gasteiger partial charge in [0, 0.05) is 25.6 Å². The van der Waals surface area contributed by atoms with E-state index in [2.05, 4.69) is 28.0 Å². The lowest BCUT2D eigenvalue weighted by atomic mass is 9.75. The molecule has 0 radical (unpaired) electrons. The van der Waals surface area contributed by atoms with Crippen LogP contribution in [0.25, 0.3) is 0 Å². The van der Waals surface area contributed by atoms with Gasteiger partial charge in [0.2, 0.25) is 5.91 Å². The molecule has 4 heterocycles. The minimum atomic E-state index is 0.111. The second kappa shape index (κ2) is 8.17. The maximum absolute atomic E-state index is 13.0. The molecule has 0 unspecified atom stereocenters. The smallest absolute Gasteiger partial charge is 0.248 e. The zero-order chi connectivity index (χ0) is 18.8. The van der Waals surface area contributed by atoms with Gasteiger partial charge >= 0.3 is 0 Å². The van der Waals surface area contributed by atoms with Crippen LogP contribution in [0.5, 0.6) is 5.75 Å². The summed E-state index contributed by atoms with van der Waals surface area (Å²) in [5, 5.41) is 0. The van der Waals surface area contributed by atoms with Gasteiger partial charge in [-0.3, -0.25) is 9.69 Å². The summed E-state index contributed by atoms with van der Waals surface area (Å²) >= 11 is 0. The highest BCUT2D eigenvalue weighted by atomic mass is 16.5. The van der Waals surface area contributed by atoms with E-state index in [-0.39, 0.29) is 12.5 Å². The van der Waals surface area contributed by atoms with Crippen molar-refractivity contribution in [1.82, 2.24) is 9.80 Å². The molecule has 0 aliphatic carbocycles. The average molecular weight is 374 g/mol. The number of amides is 1. The van der Waals surface area contributed by atoms with E-state index in [9.17, 15) is 4.79 Å². The molecule has 2 bridgehead atoms. The number of likely N-dealkylation sites (tertiary alicyclic amines) is 1. The van der Waals surface area contributed by atoms with Crippen molar-refractivity contribution in [2.75, 3.05) is 53.7 Å². The molecule has 0 saturated carbocycles. The Balaban J connectivity index is 1.55. The van der Waals surface area contributed by atoms with Gasteiger partial charge in [-0.2, -0.15) is 0 Å². The zero-order valence-corrected chi connectivity index (χ0v) is 16.3. The van der Waals surface area contributed by atoms with Crippen LogP contribution in [0.1, 0.15) is 24.3 Å². The molecule has 148 valence electrons. The number of carbonyl (C=O) groups excluding carboxylic acids is 1. The molecule has 4 aliphatic rings. The van der Waals surface area contributed by atoms with Gasteiger partial charge in [-0.05, 0) is 49.5 Å². The normalized spacial score (nSPS) is 31.8. The molecule has 0 aromatic heterocycles. The molecule has 6 heteroatoms. The van der Waals surface area contributed by atoms with Gasteiger partial charge in [0.1, 0.15) is 12.4 Å². The van der Waals surface area contributed by atoms with E-state index in [1.165, 1.54) is 18.4 Å². The quantitative estimate of drug-likeness (QED) is 0.681. The first-order chi connectivity index (χ1) is 13.2. The minimum absolute atomic E-state index is 0.111.